The topological polar surface area (TPSA) is 30.7 Å². The summed E-state index contributed by atoms with van der Waals surface area (Å²) in [6.45, 7) is 17.9. The van der Waals surface area contributed by atoms with E-state index in [1.807, 2.05) is 0 Å². The summed E-state index contributed by atoms with van der Waals surface area (Å²) in [4.78, 5) is 10.2. The van der Waals surface area contributed by atoms with Gasteiger partial charge in [-0.1, -0.05) is 94.8 Å². The number of rotatable bonds is 1. The molecule has 8 aromatic rings. The van der Waals surface area contributed by atoms with E-state index in [-0.39, 0.29) is 10.8 Å². The fraction of sp³-hybridized carbons (Fsp3) is 0.238. The summed E-state index contributed by atoms with van der Waals surface area (Å²) < 4.78 is 2.53. The second-order valence-corrected chi connectivity index (χ2v) is 14.9. The monoisotopic (exact) mass is 583 g/mol. The van der Waals surface area contributed by atoms with Crippen LogP contribution in [-0.4, -0.2) is 14.5 Å². The Hall–Kier alpha value is -4.76. The summed E-state index contributed by atoms with van der Waals surface area (Å²) in [7, 11) is 0. The van der Waals surface area contributed by atoms with Gasteiger partial charge < -0.3 is 4.57 Å². The number of para-hydroxylation sites is 1. The Morgan fingerprint density at radius 1 is 0.689 bits per heavy atom. The van der Waals surface area contributed by atoms with Crippen molar-refractivity contribution in [1.29, 1.82) is 0 Å². The Bertz CT molecular complexity index is 2550. The first kappa shape index (κ1) is 26.6. The number of hydrogen-bond donors (Lipinski definition) is 0. The van der Waals surface area contributed by atoms with Crippen LogP contribution >= 0.6 is 0 Å². The van der Waals surface area contributed by atoms with Crippen molar-refractivity contribution < 1.29 is 0 Å². The highest BCUT2D eigenvalue weighted by atomic mass is 15.0. The standard InChI is InChI=1S/C42H37N3/c1-22-17-23(2)38(24(3)18-22)45-33-12-10-9-11-27(33)30-19-25-13-15-28-34-26(14-16-29(35(25)34)39(30)45)20-31-36(28)37-32(42(31,7)8)21-43-40(44-37)41(4,5)6/h9-21H,1-8H3. The molecule has 0 unspecified atom stereocenters. The molecule has 9 rings (SSSR count). The SMILES string of the molecule is Cc1cc(C)c(-n2c3ccccc3c3cc4ccc5c6c(cc7ccc(c4c75)c32)C(C)(C)c2cnc(C(C)(C)C)nc2-6)c(C)c1. The third kappa shape index (κ3) is 3.36. The van der Waals surface area contributed by atoms with Crippen molar-refractivity contribution in [2.45, 2.75) is 66.2 Å². The second kappa shape index (κ2) is 8.48. The minimum Gasteiger partial charge on any atom is -0.308 e. The minimum absolute atomic E-state index is 0.128. The maximum absolute atomic E-state index is 5.29. The summed E-state index contributed by atoms with van der Waals surface area (Å²) >= 11 is 0. The molecule has 0 saturated carbocycles. The highest BCUT2D eigenvalue weighted by Crippen LogP contribution is 2.53. The molecule has 0 N–H and O–H groups in total. The van der Waals surface area contributed by atoms with Crippen molar-refractivity contribution in [2.75, 3.05) is 0 Å². The van der Waals surface area contributed by atoms with Crippen LogP contribution in [0.15, 0.2) is 79.0 Å². The van der Waals surface area contributed by atoms with Crippen molar-refractivity contribution in [3.63, 3.8) is 0 Å². The Morgan fingerprint density at radius 2 is 1.36 bits per heavy atom. The van der Waals surface area contributed by atoms with Crippen molar-refractivity contribution >= 4 is 54.1 Å². The van der Waals surface area contributed by atoms with Gasteiger partial charge in [-0.25, -0.2) is 9.97 Å². The lowest BCUT2D eigenvalue weighted by atomic mass is 9.81. The summed E-state index contributed by atoms with van der Waals surface area (Å²) in [5, 5.41) is 10.4. The molecule has 3 heteroatoms. The number of aromatic nitrogens is 3. The first-order valence-electron chi connectivity index (χ1n) is 16.1. The van der Waals surface area contributed by atoms with E-state index in [1.54, 1.807) is 0 Å². The molecule has 3 nitrogen and oxygen atoms in total. The number of hydrogen-bond acceptors (Lipinski definition) is 2. The molecule has 0 bridgehead atoms. The lowest BCUT2D eigenvalue weighted by Gasteiger charge is -2.23. The zero-order valence-corrected chi connectivity index (χ0v) is 27.3. The molecule has 0 fully saturated rings. The Kier molecular flexibility index (Phi) is 5.02. The quantitative estimate of drug-likeness (QED) is 0.180. The summed E-state index contributed by atoms with van der Waals surface area (Å²) in [5.74, 6) is 0.894. The molecule has 1 aliphatic carbocycles. The zero-order valence-electron chi connectivity index (χ0n) is 27.3. The molecule has 2 aromatic heterocycles. The molecule has 0 atom stereocenters. The molecule has 0 radical (unpaired) electrons. The van der Waals surface area contributed by atoms with Gasteiger partial charge in [-0.05, 0) is 82.6 Å². The minimum atomic E-state index is -0.175. The molecule has 45 heavy (non-hydrogen) atoms. The highest BCUT2D eigenvalue weighted by molar-refractivity contribution is 6.33. The molecule has 0 spiro atoms. The zero-order chi connectivity index (χ0) is 31.2. The van der Waals surface area contributed by atoms with Crippen LogP contribution in [0, 0.1) is 20.8 Å². The van der Waals surface area contributed by atoms with Gasteiger partial charge in [-0.2, -0.15) is 0 Å². The van der Waals surface area contributed by atoms with Crippen LogP contribution in [0.4, 0.5) is 0 Å². The lowest BCUT2D eigenvalue weighted by Crippen LogP contribution is -2.19. The predicted molar refractivity (Wildman–Crippen MR) is 191 cm³/mol. The van der Waals surface area contributed by atoms with E-state index in [9.17, 15) is 0 Å². The molecular weight excluding hydrogens is 546 g/mol. The smallest absolute Gasteiger partial charge is 0.134 e. The van der Waals surface area contributed by atoms with E-state index in [0.717, 1.165) is 11.5 Å². The second-order valence-electron chi connectivity index (χ2n) is 14.9. The van der Waals surface area contributed by atoms with Crippen molar-refractivity contribution in [3.05, 3.63) is 113 Å². The van der Waals surface area contributed by atoms with Crippen LogP contribution in [0.5, 0.6) is 0 Å². The predicted octanol–water partition coefficient (Wildman–Crippen LogP) is 11.0. The third-order valence-electron chi connectivity index (χ3n) is 10.4. The van der Waals surface area contributed by atoms with Crippen LogP contribution in [0.25, 0.3) is 71.1 Å². The highest BCUT2D eigenvalue weighted by Gasteiger charge is 2.39. The van der Waals surface area contributed by atoms with E-state index >= 15 is 0 Å². The first-order chi connectivity index (χ1) is 21.4. The van der Waals surface area contributed by atoms with Gasteiger partial charge in [0, 0.05) is 44.3 Å². The van der Waals surface area contributed by atoms with Gasteiger partial charge in [0.2, 0.25) is 0 Å². The number of aryl methyl sites for hydroxylation is 3. The molecule has 0 aliphatic heterocycles. The van der Waals surface area contributed by atoms with Gasteiger partial charge in [-0.3, -0.25) is 0 Å². The Labute approximate surface area is 263 Å². The molecule has 0 amide bonds. The van der Waals surface area contributed by atoms with Gasteiger partial charge >= 0.3 is 0 Å². The van der Waals surface area contributed by atoms with Crippen LogP contribution in [-0.2, 0) is 10.8 Å². The summed E-state index contributed by atoms with van der Waals surface area (Å²) in [6, 6.07) is 27.8. The fourth-order valence-electron chi connectivity index (χ4n) is 8.44. The largest absolute Gasteiger partial charge is 0.308 e. The van der Waals surface area contributed by atoms with Crippen molar-refractivity contribution in [1.82, 2.24) is 14.5 Å². The average molecular weight is 584 g/mol. The van der Waals surface area contributed by atoms with E-state index in [2.05, 4.69) is 139 Å². The molecular formula is C42H37N3. The normalized spacial score (nSPS) is 14.4. The average Bonchev–Trinajstić information content (AvgIpc) is 3.43. The van der Waals surface area contributed by atoms with Gasteiger partial charge in [0.05, 0.1) is 22.4 Å². The first-order valence-corrected chi connectivity index (χ1v) is 16.1. The summed E-state index contributed by atoms with van der Waals surface area (Å²) in [5.41, 5.74) is 12.3. The maximum Gasteiger partial charge on any atom is 0.134 e. The van der Waals surface area contributed by atoms with Crippen LogP contribution in [0.3, 0.4) is 0 Å². The number of benzene rings is 6. The molecule has 6 aromatic carbocycles. The molecule has 2 heterocycles. The van der Waals surface area contributed by atoms with E-state index in [0.29, 0.717) is 0 Å². The van der Waals surface area contributed by atoms with Gasteiger partial charge in [-0.15, -0.1) is 0 Å². The number of fused-ring (bicyclic) bond motifs is 8. The van der Waals surface area contributed by atoms with E-state index in [1.165, 1.54) is 93.2 Å². The van der Waals surface area contributed by atoms with Crippen LogP contribution < -0.4 is 0 Å². The van der Waals surface area contributed by atoms with E-state index < -0.39 is 0 Å². The Balaban J connectivity index is 1.47. The van der Waals surface area contributed by atoms with Crippen molar-refractivity contribution in [3.8, 4) is 16.9 Å². The molecule has 220 valence electrons. The molecule has 1 aliphatic rings. The van der Waals surface area contributed by atoms with Crippen LogP contribution in [0.2, 0.25) is 0 Å². The van der Waals surface area contributed by atoms with Gasteiger partial charge in [0.25, 0.3) is 0 Å². The maximum atomic E-state index is 5.29. The van der Waals surface area contributed by atoms with Crippen molar-refractivity contribution in [2.24, 2.45) is 0 Å². The van der Waals surface area contributed by atoms with Gasteiger partial charge in [0.15, 0.2) is 0 Å². The van der Waals surface area contributed by atoms with Gasteiger partial charge in [0.1, 0.15) is 5.82 Å². The van der Waals surface area contributed by atoms with E-state index in [4.69, 9.17) is 9.97 Å². The fourth-order valence-corrected chi connectivity index (χ4v) is 8.44. The van der Waals surface area contributed by atoms with Crippen LogP contribution in [0.1, 0.15) is 68.3 Å². The lowest BCUT2D eigenvalue weighted by molar-refractivity contribution is 0.542. The summed E-state index contributed by atoms with van der Waals surface area (Å²) in [6.07, 6.45) is 2.09. The third-order valence-corrected chi connectivity index (χ3v) is 10.4. The Morgan fingerprint density at radius 3 is 2.09 bits per heavy atom. The molecule has 0 saturated heterocycles. The number of nitrogens with zero attached hydrogens (tertiary/aromatic N) is 3.